The maximum Gasteiger partial charge on any atom is 1.00 e. The average molecular weight is 592 g/mol. The van der Waals surface area contributed by atoms with Gasteiger partial charge in [-0.1, -0.05) is 0 Å². The van der Waals surface area contributed by atoms with Crippen LogP contribution in [0.2, 0.25) is 0 Å². The second kappa shape index (κ2) is 14.8. The van der Waals surface area contributed by atoms with Crippen molar-refractivity contribution >= 4 is 34.6 Å². The Morgan fingerprint density at radius 2 is 1.66 bits per heavy atom. The van der Waals surface area contributed by atoms with Gasteiger partial charge in [0.25, 0.3) is 29.0 Å². The van der Waals surface area contributed by atoms with Crippen LogP contribution in [0.1, 0.15) is 6.23 Å². The van der Waals surface area contributed by atoms with Crippen molar-refractivity contribution in [1.82, 2.24) is 19.5 Å². The zero-order valence-corrected chi connectivity index (χ0v) is 26.9. The number of aliphatic hydroxyl groups excluding tert-OH is 2. The molecule has 1 saturated heterocycles. The number of ether oxygens (including phenoxy) is 1. The number of fused-ring (bicyclic) bond motifs is 1. The van der Waals surface area contributed by atoms with Crippen LogP contribution in [0.3, 0.4) is 0 Å². The number of aromatic amines is 1. The molecule has 35 heavy (non-hydrogen) atoms. The van der Waals surface area contributed by atoms with E-state index < -0.39 is 60.2 Å². The van der Waals surface area contributed by atoms with Gasteiger partial charge in [0.05, 0.1) is 19.3 Å². The van der Waals surface area contributed by atoms with Crippen molar-refractivity contribution in [2.45, 2.75) is 24.5 Å². The smallest absolute Gasteiger partial charge is 0.756 e. The van der Waals surface area contributed by atoms with E-state index in [0.717, 1.165) is 17.2 Å². The van der Waals surface area contributed by atoms with Gasteiger partial charge >= 0.3 is 88.7 Å². The monoisotopic (exact) mass is 592 g/mol. The van der Waals surface area contributed by atoms with Crippen LogP contribution in [0.15, 0.2) is 17.4 Å². The SMILES string of the molecule is O.O=c1[nH]cnc2c1ncn2[C@@H]1OC(COP(=O)([O-])OP(=O)([O-])OP(=O)([O-])O)C(O)C1O.[Na+].[Na+].[Na+]. The summed E-state index contributed by atoms with van der Waals surface area (Å²) in [7, 11) is -17.8. The number of phosphoric ester groups is 1. The van der Waals surface area contributed by atoms with Crippen molar-refractivity contribution in [3.05, 3.63) is 23.0 Å². The van der Waals surface area contributed by atoms with Crippen LogP contribution >= 0.6 is 23.5 Å². The number of nitrogens with zero attached hydrogens (tertiary/aromatic N) is 3. The minimum absolute atomic E-state index is 0. The number of imidazole rings is 1. The van der Waals surface area contributed by atoms with Gasteiger partial charge in [-0.3, -0.25) is 23.1 Å². The maximum absolute atomic E-state index is 11.7. The largest absolute Gasteiger partial charge is 1.00 e. The molecule has 1 fully saturated rings. The van der Waals surface area contributed by atoms with Gasteiger partial charge < -0.3 is 49.5 Å². The van der Waals surface area contributed by atoms with Gasteiger partial charge in [0.15, 0.2) is 17.4 Å². The van der Waals surface area contributed by atoms with Crippen LogP contribution in [-0.4, -0.2) is 65.0 Å². The third-order valence-corrected chi connectivity index (χ3v) is 7.47. The van der Waals surface area contributed by atoms with Crippen LogP contribution in [0.5, 0.6) is 0 Å². The summed E-state index contributed by atoms with van der Waals surface area (Å²) < 4.78 is 50.3. The van der Waals surface area contributed by atoms with E-state index in [9.17, 15) is 43.4 Å². The van der Waals surface area contributed by atoms with Crippen LogP contribution in [-0.2, 0) is 31.6 Å². The summed E-state index contributed by atoms with van der Waals surface area (Å²) in [6.07, 6.45) is -4.31. The molecular weight excluding hydrogens is 578 g/mol. The van der Waals surface area contributed by atoms with Crippen molar-refractivity contribution in [3.63, 3.8) is 0 Å². The van der Waals surface area contributed by atoms with Crippen LogP contribution in [0.4, 0.5) is 0 Å². The molecule has 0 spiro atoms. The minimum atomic E-state index is -6.09. The molecule has 0 bridgehead atoms. The van der Waals surface area contributed by atoms with Crippen LogP contribution < -0.4 is 109 Å². The summed E-state index contributed by atoms with van der Waals surface area (Å²) in [5.74, 6) is 0. The molecule has 2 aromatic heterocycles. The first-order valence-corrected chi connectivity index (χ1v) is 12.3. The van der Waals surface area contributed by atoms with Crippen LogP contribution in [0.25, 0.3) is 11.2 Å². The second-order valence-electron chi connectivity index (χ2n) is 5.92. The number of aliphatic hydroxyl groups is 2. The fraction of sp³-hybridized carbons (Fsp3) is 0.500. The van der Waals surface area contributed by atoms with E-state index in [4.69, 9.17) is 9.63 Å². The Morgan fingerprint density at radius 3 is 2.23 bits per heavy atom. The summed E-state index contributed by atoms with van der Waals surface area (Å²) in [5.41, 5.74) is -0.749. The summed E-state index contributed by atoms with van der Waals surface area (Å²) in [5, 5.41) is 20.3. The van der Waals surface area contributed by atoms with E-state index in [-0.39, 0.29) is 105 Å². The Bertz CT molecular complexity index is 1170. The third-order valence-electron chi connectivity index (χ3n) is 3.78. The molecule has 3 heterocycles. The quantitative estimate of drug-likeness (QED) is 0.163. The third kappa shape index (κ3) is 10.3. The molecule has 0 aliphatic carbocycles. The molecule has 0 aromatic carbocycles. The standard InChI is InChI=1S/C10H15N4O14P3.3Na.H2O/c15-6-4(1-25-30(21,22)28-31(23,24)27-29(18,19)20)26-10(7(6)16)14-3-13-5-8(14)11-2-12-9(5)17;;;;/h2-4,6-7,10,15-16H,1H2,(H,21,22)(H,23,24)(H,11,12,17)(H2,18,19,20);;;;1H2/q;3*+1;/p-3/t4?,6?,7?,10-;;;;/m1..../s1. The minimum Gasteiger partial charge on any atom is -0.756 e. The van der Waals surface area contributed by atoms with Gasteiger partial charge in [-0.2, -0.15) is 0 Å². The van der Waals surface area contributed by atoms with E-state index in [0.29, 0.717) is 0 Å². The summed E-state index contributed by atoms with van der Waals surface area (Å²) >= 11 is 0. The number of hydrogen-bond acceptors (Lipinski definition) is 15. The van der Waals surface area contributed by atoms with E-state index in [1.54, 1.807) is 0 Å². The normalized spacial score (nSPS) is 26.6. The molecule has 182 valence electrons. The van der Waals surface area contributed by atoms with Gasteiger partial charge in [-0.25, -0.2) is 18.6 Å². The van der Waals surface area contributed by atoms with Crippen molar-refractivity contribution in [2.75, 3.05) is 6.61 Å². The summed E-state index contributed by atoms with van der Waals surface area (Å²) in [6, 6.07) is 0. The molecule has 25 heteroatoms. The molecule has 7 atom stereocenters. The molecule has 0 radical (unpaired) electrons. The number of hydrogen-bond donors (Lipinski definition) is 4. The Morgan fingerprint density at radius 1 is 1.06 bits per heavy atom. The van der Waals surface area contributed by atoms with Crippen molar-refractivity contribution < 1.29 is 156 Å². The van der Waals surface area contributed by atoms with Crippen molar-refractivity contribution in [3.8, 4) is 0 Å². The van der Waals surface area contributed by atoms with E-state index in [2.05, 4.69) is 28.1 Å². The van der Waals surface area contributed by atoms with Gasteiger partial charge in [0.2, 0.25) is 0 Å². The molecule has 1 aliphatic heterocycles. The molecule has 0 amide bonds. The molecule has 3 rings (SSSR count). The van der Waals surface area contributed by atoms with Gasteiger partial charge in [-0.15, -0.1) is 0 Å². The summed E-state index contributed by atoms with van der Waals surface area (Å²) in [4.78, 5) is 63.1. The maximum atomic E-state index is 11.7. The second-order valence-corrected chi connectivity index (χ2v) is 10.2. The van der Waals surface area contributed by atoms with Crippen LogP contribution in [0, 0.1) is 0 Å². The molecule has 19 nitrogen and oxygen atoms in total. The van der Waals surface area contributed by atoms with E-state index in [1.807, 2.05) is 0 Å². The van der Waals surface area contributed by atoms with Gasteiger partial charge in [0.1, 0.15) is 18.3 Å². The Balaban J connectivity index is 0. The average Bonchev–Trinajstić information content (AvgIpc) is 3.13. The van der Waals surface area contributed by atoms with E-state index in [1.165, 1.54) is 0 Å². The van der Waals surface area contributed by atoms with Gasteiger partial charge in [0, 0.05) is 0 Å². The first kappa shape index (κ1) is 38.7. The molecule has 2 aromatic rings. The Kier molecular flexibility index (Phi) is 16.4. The number of rotatable bonds is 8. The molecule has 6 N–H and O–H groups in total. The Hall–Kier alpha value is 1.60. The topological polar surface area (TPSA) is 313 Å². The zero-order valence-electron chi connectivity index (χ0n) is 18.2. The fourth-order valence-electron chi connectivity index (χ4n) is 2.60. The van der Waals surface area contributed by atoms with Crippen molar-refractivity contribution in [2.24, 2.45) is 0 Å². The number of phosphoric acid groups is 3. The number of H-pyrrole nitrogens is 1. The first-order chi connectivity index (χ1) is 14.2. The molecule has 0 saturated carbocycles. The van der Waals surface area contributed by atoms with Gasteiger partial charge in [-0.05, 0) is 0 Å². The predicted octanol–water partition coefficient (Wildman–Crippen LogP) is -13.6. The first-order valence-electron chi connectivity index (χ1n) is 7.84. The number of nitrogens with one attached hydrogen (secondary N) is 1. The van der Waals surface area contributed by atoms with Crippen molar-refractivity contribution in [1.29, 1.82) is 0 Å². The Labute approximate surface area is 261 Å². The molecule has 6 unspecified atom stereocenters. The zero-order chi connectivity index (χ0) is 23.2. The molecule has 1 aliphatic rings. The summed E-state index contributed by atoms with van der Waals surface area (Å²) in [6.45, 7) is -1.09. The number of aromatic nitrogens is 4. The molecular formula is C10H14N4Na3O15P3. The fourth-order valence-corrected chi connectivity index (χ4v) is 5.49. The van der Waals surface area contributed by atoms with E-state index >= 15 is 0 Å². The predicted molar refractivity (Wildman–Crippen MR) is 90.8 cm³/mol.